The predicted molar refractivity (Wildman–Crippen MR) is 73.9 cm³/mol. The van der Waals surface area contributed by atoms with Gasteiger partial charge in [-0.1, -0.05) is 24.3 Å². The fourth-order valence-electron chi connectivity index (χ4n) is 1.87. The van der Waals surface area contributed by atoms with Crippen molar-refractivity contribution in [2.45, 2.75) is 13.8 Å². The largest absolute Gasteiger partial charge is 0.370 e. The molecule has 0 aliphatic carbocycles. The van der Waals surface area contributed by atoms with Crippen molar-refractivity contribution in [1.82, 2.24) is 10.3 Å². The first-order valence-electron chi connectivity index (χ1n) is 6.18. The highest BCUT2D eigenvalue weighted by atomic mass is 16.1. The maximum absolute atomic E-state index is 11.8. The molecule has 0 unspecified atom stereocenters. The van der Waals surface area contributed by atoms with Crippen molar-refractivity contribution in [3.8, 4) is 0 Å². The van der Waals surface area contributed by atoms with Crippen LogP contribution in [0.5, 0.6) is 0 Å². The van der Waals surface area contributed by atoms with E-state index in [0.717, 1.165) is 23.1 Å². The molecule has 2 aromatic rings. The molecule has 94 valence electrons. The minimum absolute atomic E-state index is 0.137. The number of aromatic nitrogens is 1. The van der Waals surface area contributed by atoms with E-state index in [0.29, 0.717) is 12.2 Å². The molecule has 18 heavy (non-hydrogen) atoms. The van der Waals surface area contributed by atoms with E-state index in [9.17, 15) is 4.79 Å². The number of amides is 1. The van der Waals surface area contributed by atoms with Crippen LogP contribution in [0.1, 0.15) is 24.3 Å². The number of benzene rings is 1. The maximum atomic E-state index is 11.8. The highest BCUT2D eigenvalue weighted by Gasteiger charge is 2.10. The molecule has 0 aliphatic rings. The predicted octanol–water partition coefficient (Wildman–Crippen LogP) is 2.42. The van der Waals surface area contributed by atoms with E-state index in [1.165, 1.54) is 0 Å². The Bertz CT molecular complexity index is 566. The zero-order chi connectivity index (χ0) is 13.0. The SMILES string of the molecule is CCNC(=O)c1cc2ccccc2c(NCC)n1. The third-order valence-corrected chi connectivity index (χ3v) is 2.65. The summed E-state index contributed by atoms with van der Waals surface area (Å²) in [6.45, 7) is 5.28. The molecule has 0 saturated carbocycles. The summed E-state index contributed by atoms with van der Waals surface area (Å²) in [4.78, 5) is 16.2. The molecule has 0 radical (unpaired) electrons. The number of fused-ring (bicyclic) bond motifs is 1. The van der Waals surface area contributed by atoms with E-state index < -0.39 is 0 Å². The van der Waals surface area contributed by atoms with Crippen molar-refractivity contribution in [3.05, 3.63) is 36.0 Å². The van der Waals surface area contributed by atoms with E-state index >= 15 is 0 Å². The topological polar surface area (TPSA) is 54.0 Å². The standard InChI is InChI=1S/C14H17N3O/c1-3-15-13-11-8-6-5-7-10(11)9-12(17-13)14(18)16-4-2/h5-9H,3-4H2,1-2H3,(H,15,17)(H,16,18). The van der Waals surface area contributed by atoms with Crippen LogP contribution >= 0.6 is 0 Å². The molecule has 4 heteroatoms. The Morgan fingerprint density at radius 3 is 2.72 bits per heavy atom. The number of rotatable bonds is 4. The lowest BCUT2D eigenvalue weighted by atomic mass is 10.1. The summed E-state index contributed by atoms with van der Waals surface area (Å²) in [5.41, 5.74) is 0.450. The molecule has 0 atom stereocenters. The van der Waals surface area contributed by atoms with Gasteiger partial charge in [0.25, 0.3) is 5.91 Å². The highest BCUT2D eigenvalue weighted by molar-refractivity contribution is 6.00. The zero-order valence-corrected chi connectivity index (χ0v) is 10.7. The van der Waals surface area contributed by atoms with E-state index in [2.05, 4.69) is 15.6 Å². The molecule has 0 saturated heterocycles. The van der Waals surface area contributed by atoms with Crippen molar-refractivity contribution >= 4 is 22.5 Å². The Morgan fingerprint density at radius 2 is 2.00 bits per heavy atom. The zero-order valence-electron chi connectivity index (χ0n) is 10.7. The second-order valence-corrected chi connectivity index (χ2v) is 3.97. The normalized spacial score (nSPS) is 10.3. The molecule has 2 rings (SSSR count). The number of carbonyl (C=O) groups excluding carboxylic acids is 1. The molecule has 1 heterocycles. The fourth-order valence-corrected chi connectivity index (χ4v) is 1.87. The molecule has 1 aromatic heterocycles. The Labute approximate surface area is 106 Å². The molecule has 1 aromatic carbocycles. The van der Waals surface area contributed by atoms with Crippen LogP contribution in [0.3, 0.4) is 0 Å². The van der Waals surface area contributed by atoms with Crippen LogP contribution in [0.25, 0.3) is 10.8 Å². The lowest BCUT2D eigenvalue weighted by molar-refractivity contribution is 0.0951. The Hall–Kier alpha value is -2.10. The number of nitrogens with one attached hydrogen (secondary N) is 2. The van der Waals surface area contributed by atoms with Gasteiger partial charge in [0, 0.05) is 18.5 Å². The molecule has 0 bridgehead atoms. The van der Waals surface area contributed by atoms with Gasteiger partial charge >= 0.3 is 0 Å². The second kappa shape index (κ2) is 5.49. The molecule has 0 fully saturated rings. The molecule has 0 aliphatic heterocycles. The lowest BCUT2D eigenvalue weighted by Crippen LogP contribution is -2.24. The summed E-state index contributed by atoms with van der Waals surface area (Å²) in [7, 11) is 0. The van der Waals surface area contributed by atoms with Gasteiger partial charge in [0.15, 0.2) is 0 Å². The third kappa shape index (κ3) is 2.42. The van der Waals surface area contributed by atoms with Crippen molar-refractivity contribution in [2.24, 2.45) is 0 Å². The Morgan fingerprint density at radius 1 is 1.22 bits per heavy atom. The van der Waals surface area contributed by atoms with Gasteiger partial charge in [-0.25, -0.2) is 4.98 Å². The maximum Gasteiger partial charge on any atom is 0.269 e. The molecular weight excluding hydrogens is 226 g/mol. The van der Waals surface area contributed by atoms with E-state index in [1.54, 1.807) is 0 Å². The van der Waals surface area contributed by atoms with Crippen LogP contribution in [0.15, 0.2) is 30.3 Å². The quantitative estimate of drug-likeness (QED) is 0.867. The average molecular weight is 243 g/mol. The Kier molecular flexibility index (Phi) is 3.77. The van der Waals surface area contributed by atoms with E-state index in [-0.39, 0.29) is 5.91 Å². The average Bonchev–Trinajstić information content (AvgIpc) is 2.39. The van der Waals surface area contributed by atoms with Crippen LogP contribution in [0.4, 0.5) is 5.82 Å². The number of pyridine rings is 1. The van der Waals surface area contributed by atoms with Gasteiger partial charge in [-0.05, 0) is 25.3 Å². The van der Waals surface area contributed by atoms with Crippen LogP contribution < -0.4 is 10.6 Å². The number of hydrogen-bond donors (Lipinski definition) is 2. The van der Waals surface area contributed by atoms with Crippen LogP contribution in [0.2, 0.25) is 0 Å². The number of carbonyl (C=O) groups is 1. The van der Waals surface area contributed by atoms with Gasteiger partial charge < -0.3 is 10.6 Å². The monoisotopic (exact) mass is 243 g/mol. The first kappa shape index (κ1) is 12.4. The summed E-state index contributed by atoms with van der Waals surface area (Å²) in [6.07, 6.45) is 0. The van der Waals surface area contributed by atoms with Crippen LogP contribution in [0, 0.1) is 0 Å². The van der Waals surface area contributed by atoms with Crippen LogP contribution in [-0.4, -0.2) is 24.0 Å². The number of nitrogens with zero attached hydrogens (tertiary/aromatic N) is 1. The van der Waals surface area contributed by atoms with Gasteiger partial charge in [0.1, 0.15) is 11.5 Å². The van der Waals surface area contributed by atoms with Gasteiger partial charge in [-0.2, -0.15) is 0 Å². The molecule has 0 spiro atoms. The molecular formula is C14H17N3O. The smallest absolute Gasteiger partial charge is 0.269 e. The minimum Gasteiger partial charge on any atom is -0.370 e. The van der Waals surface area contributed by atoms with Gasteiger partial charge in [0.05, 0.1) is 0 Å². The van der Waals surface area contributed by atoms with Crippen molar-refractivity contribution < 1.29 is 4.79 Å². The summed E-state index contributed by atoms with van der Waals surface area (Å²) in [5, 5.41) is 8.02. The van der Waals surface area contributed by atoms with Crippen molar-refractivity contribution in [3.63, 3.8) is 0 Å². The molecule has 4 nitrogen and oxygen atoms in total. The van der Waals surface area contributed by atoms with Crippen molar-refractivity contribution in [2.75, 3.05) is 18.4 Å². The number of hydrogen-bond acceptors (Lipinski definition) is 3. The molecule has 1 amide bonds. The van der Waals surface area contributed by atoms with Crippen molar-refractivity contribution in [1.29, 1.82) is 0 Å². The lowest BCUT2D eigenvalue weighted by Gasteiger charge is -2.10. The summed E-state index contributed by atoms with van der Waals surface area (Å²) in [5.74, 6) is 0.624. The first-order valence-corrected chi connectivity index (χ1v) is 6.18. The molecule has 2 N–H and O–H groups in total. The first-order chi connectivity index (χ1) is 8.76. The second-order valence-electron chi connectivity index (χ2n) is 3.97. The van der Waals surface area contributed by atoms with Gasteiger partial charge in [-0.3, -0.25) is 4.79 Å². The Balaban J connectivity index is 2.53. The van der Waals surface area contributed by atoms with E-state index in [4.69, 9.17) is 0 Å². The third-order valence-electron chi connectivity index (χ3n) is 2.65. The van der Waals surface area contributed by atoms with Gasteiger partial charge in [-0.15, -0.1) is 0 Å². The minimum atomic E-state index is -0.137. The fraction of sp³-hybridized carbons (Fsp3) is 0.286. The summed E-state index contributed by atoms with van der Waals surface area (Å²) >= 11 is 0. The number of anilines is 1. The summed E-state index contributed by atoms with van der Waals surface area (Å²) < 4.78 is 0. The van der Waals surface area contributed by atoms with Gasteiger partial charge in [0.2, 0.25) is 0 Å². The van der Waals surface area contributed by atoms with Crippen LogP contribution in [-0.2, 0) is 0 Å². The van der Waals surface area contributed by atoms with E-state index in [1.807, 2.05) is 44.2 Å². The highest BCUT2D eigenvalue weighted by Crippen LogP contribution is 2.22. The summed E-state index contributed by atoms with van der Waals surface area (Å²) in [6, 6.07) is 9.74.